The standard InChI is InChI=1S/C25H28FN5O4S2/c1-29-12-13-31(23(32)19-16-27-24(36-2)28-22(19)29)17-5-3-6-18(15-17)35-20(21-7-4-14-37-21)8-10-30(11-9-26)25(33)34/h3-7,14-16,20H,8-13H2,1-2H3,(H,33,34). The SMILES string of the molecule is CSc1ncc2c(n1)N(C)CCN(c1cccc(OC(CCN(CCF)C(=O)O)c3cccs3)c1)C2=O. The van der Waals surface area contributed by atoms with Crippen molar-refractivity contribution < 1.29 is 23.8 Å². The number of hydrogen-bond donors (Lipinski definition) is 1. The number of rotatable bonds is 10. The van der Waals surface area contributed by atoms with Crippen LogP contribution >= 0.6 is 23.1 Å². The van der Waals surface area contributed by atoms with Gasteiger partial charge < -0.3 is 24.5 Å². The number of aromatic nitrogens is 2. The third-order valence-electron chi connectivity index (χ3n) is 5.98. The average Bonchev–Trinajstić information content (AvgIpc) is 3.41. The molecule has 1 N–H and O–H groups in total. The zero-order valence-corrected chi connectivity index (χ0v) is 22.2. The first-order chi connectivity index (χ1) is 17.9. The minimum Gasteiger partial charge on any atom is -0.485 e. The Balaban J connectivity index is 1.56. The highest BCUT2D eigenvalue weighted by Crippen LogP contribution is 2.32. The molecule has 0 radical (unpaired) electrons. The molecule has 1 aliphatic rings. The summed E-state index contributed by atoms with van der Waals surface area (Å²) in [6, 6.07) is 11.1. The van der Waals surface area contributed by atoms with E-state index in [1.807, 2.05) is 47.8 Å². The molecule has 0 spiro atoms. The van der Waals surface area contributed by atoms with Gasteiger partial charge in [-0.25, -0.2) is 19.2 Å². The van der Waals surface area contributed by atoms with Gasteiger partial charge in [0.25, 0.3) is 5.91 Å². The Hall–Kier alpha value is -3.38. The highest BCUT2D eigenvalue weighted by molar-refractivity contribution is 7.98. The molecule has 37 heavy (non-hydrogen) atoms. The molecule has 2 aromatic heterocycles. The van der Waals surface area contributed by atoms with Gasteiger partial charge in [0.1, 0.15) is 29.9 Å². The van der Waals surface area contributed by atoms with E-state index in [1.165, 1.54) is 23.1 Å². The van der Waals surface area contributed by atoms with Crippen LogP contribution in [0.5, 0.6) is 5.75 Å². The number of thiophene rings is 1. The number of likely N-dealkylation sites (N-methyl/N-ethyl adjacent to an activating group) is 1. The summed E-state index contributed by atoms with van der Waals surface area (Å²) in [6.07, 6.45) is 2.23. The number of anilines is 2. The monoisotopic (exact) mass is 545 g/mol. The molecule has 3 aromatic rings. The van der Waals surface area contributed by atoms with Crippen LogP contribution in [0.15, 0.2) is 53.1 Å². The van der Waals surface area contributed by atoms with E-state index in [1.54, 1.807) is 23.2 Å². The third-order valence-corrected chi connectivity index (χ3v) is 7.51. The molecular weight excluding hydrogens is 517 g/mol. The van der Waals surface area contributed by atoms with E-state index in [0.717, 1.165) is 9.78 Å². The number of alkyl halides is 1. The Morgan fingerprint density at radius 3 is 2.84 bits per heavy atom. The lowest BCUT2D eigenvalue weighted by Gasteiger charge is -2.24. The van der Waals surface area contributed by atoms with Gasteiger partial charge in [0.2, 0.25) is 0 Å². The largest absolute Gasteiger partial charge is 0.485 e. The Morgan fingerprint density at radius 2 is 2.14 bits per heavy atom. The van der Waals surface area contributed by atoms with E-state index in [4.69, 9.17) is 4.74 Å². The molecule has 0 aliphatic carbocycles. The van der Waals surface area contributed by atoms with Crippen LogP contribution in [0, 0.1) is 0 Å². The summed E-state index contributed by atoms with van der Waals surface area (Å²) < 4.78 is 19.1. The van der Waals surface area contributed by atoms with Gasteiger partial charge >= 0.3 is 6.09 Å². The highest BCUT2D eigenvalue weighted by atomic mass is 32.2. The lowest BCUT2D eigenvalue weighted by atomic mass is 10.2. The fraction of sp³-hybridized carbons (Fsp3) is 0.360. The van der Waals surface area contributed by atoms with Crippen molar-refractivity contribution in [3.8, 4) is 5.75 Å². The average molecular weight is 546 g/mol. The fourth-order valence-electron chi connectivity index (χ4n) is 4.05. The van der Waals surface area contributed by atoms with Gasteiger partial charge in [-0.1, -0.05) is 23.9 Å². The lowest BCUT2D eigenvalue weighted by molar-refractivity contribution is 0.0989. The topological polar surface area (TPSA) is 99.1 Å². The van der Waals surface area contributed by atoms with Gasteiger partial charge in [-0.3, -0.25) is 4.79 Å². The van der Waals surface area contributed by atoms with Gasteiger partial charge in [0.15, 0.2) is 5.16 Å². The summed E-state index contributed by atoms with van der Waals surface area (Å²) in [5.74, 6) is 0.957. The summed E-state index contributed by atoms with van der Waals surface area (Å²) in [4.78, 5) is 39.4. The van der Waals surface area contributed by atoms with Crippen LogP contribution < -0.4 is 14.5 Å². The number of fused-ring (bicyclic) bond motifs is 1. The Labute approximate surface area is 222 Å². The lowest BCUT2D eigenvalue weighted by Crippen LogP contribution is -2.34. The van der Waals surface area contributed by atoms with Crippen molar-refractivity contribution >= 4 is 46.6 Å². The number of carboxylic acid groups (broad SMARTS) is 1. The Bertz CT molecular complexity index is 1230. The zero-order valence-electron chi connectivity index (χ0n) is 20.5. The number of benzene rings is 1. The molecule has 0 bridgehead atoms. The maximum Gasteiger partial charge on any atom is 0.407 e. The molecule has 2 amide bonds. The van der Waals surface area contributed by atoms with E-state index in [-0.39, 0.29) is 19.0 Å². The number of ether oxygens (including phenoxy) is 1. The molecule has 9 nitrogen and oxygen atoms in total. The minimum atomic E-state index is -1.16. The van der Waals surface area contributed by atoms with Crippen molar-refractivity contribution in [3.05, 3.63) is 58.4 Å². The molecule has 1 unspecified atom stereocenters. The van der Waals surface area contributed by atoms with Crippen LogP contribution in [0.3, 0.4) is 0 Å². The van der Waals surface area contributed by atoms with Crippen LogP contribution in [0.4, 0.5) is 20.7 Å². The van der Waals surface area contributed by atoms with Crippen molar-refractivity contribution in [2.45, 2.75) is 17.7 Å². The molecule has 0 fully saturated rings. The summed E-state index contributed by atoms with van der Waals surface area (Å²) in [5, 5.41) is 11.9. The first-order valence-corrected chi connectivity index (χ1v) is 13.8. The molecule has 1 atom stereocenters. The van der Waals surface area contributed by atoms with Crippen molar-refractivity contribution in [2.24, 2.45) is 0 Å². The van der Waals surface area contributed by atoms with Crippen molar-refractivity contribution in [2.75, 3.05) is 56.0 Å². The van der Waals surface area contributed by atoms with E-state index < -0.39 is 18.9 Å². The fourth-order valence-corrected chi connectivity index (χ4v) is 5.17. The van der Waals surface area contributed by atoms with Gasteiger partial charge in [-0.05, 0) is 29.8 Å². The van der Waals surface area contributed by atoms with E-state index in [0.29, 0.717) is 47.5 Å². The van der Waals surface area contributed by atoms with Crippen LogP contribution in [-0.4, -0.2) is 78.1 Å². The maximum atomic E-state index is 13.5. The Kier molecular flexibility index (Phi) is 8.82. The number of amides is 2. The summed E-state index contributed by atoms with van der Waals surface area (Å²) in [6.45, 7) is 0.246. The van der Waals surface area contributed by atoms with Gasteiger partial charge in [-0.15, -0.1) is 11.3 Å². The molecule has 0 saturated heterocycles. The van der Waals surface area contributed by atoms with Crippen LogP contribution in [-0.2, 0) is 0 Å². The van der Waals surface area contributed by atoms with E-state index in [9.17, 15) is 19.1 Å². The number of hydrogen-bond acceptors (Lipinski definition) is 8. The quantitative estimate of drug-likeness (QED) is 0.286. The van der Waals surface area contributed by atoms with Gasteiger partial charge in [-0.2, -0.15) is 0 Å². The van der Waals surface area contributed by atoms with Gasteiger partial charge in [0, 0.05) is 55.9 Å². The summed E-state index contributed by atoms with van der Waals surface area (Å²) >= 11 is 2.93. The predicted octanol–water partition coefficient (Wildman–Crippen LogP) is 4.82. The molecule has 0 saturated carbocycles. The van der Waals surface area contributed by atoms with E-state index >= 15 is 0 Å². The van der Waals surface area contributed by atoms with Crippen molar-refractivity contribution in [1.29, 1.82) is 0 Å². The third kappa shape index (κ3) is 6.31. The molecule has 4 rings (SSSR count). The van der Waals surface area contributed by atoms with Crippen LogP contribution in [0.1, 0.15) is 27.8 Å². The number of nitrogens with zero attached hydrogens (tertiary/aromatic N) is 5. The first kappa shape index (κ1) is 26.7. The number of thioether (sulfide) groups is 1. The highest BCUT2D eigenvalue weighted by Gasteiger charge is 2.28. The minimum absolute atomic E-state index is 0.132. The number of halogens is 1. The normalized spacial score (nSPS) is 14.2. The molecule has 1 aromatic carbocycles. The molecule has 196 valence electrons. The van der Waals surface area contributed by atoms with Gasteiger partial charge in [0.05, 0.1) is 6.54 Å². The summed E-state index contributed by atoms with van der Waals surface area (Å²) in [5.41, 5.74) is 1.11. The predicted molar refractivity (Wildman–Crippen MR) is 143 cm³/mol. The van der Waals surface area contributed by atoms with Crippen LogP contribution in [0.25, 0.3) is 0 Å². The van der Waals surface area contributed by atoms with Crippen molar-refractivity contribution in [1.82, 2.24) is 14.9 Å². The first-order valence-electron chi connectivity index (χ1n) is 11.7. The number of carbonyl (C=O) groups excluding carboxylic acids is 1. The van der Waals surface area contributed by atoms with Crippen LogP contribution in [0.2, 0.25) is 0 Å². The van der Waals surface area contributed by atoms with E-state index in [2.05, 4.69) is 9.97 Å². The molecule has 12 heteroatoms. The second kappa shape index (κ2) is 12.2. The Morgan fingerprint density at radius 1 is 1.30 bits per heavy atom. The van der Waals surface area contributed by atoms with Crippen molar-refractivity contribution in [3.63, 3.8) is 0 Å². The smallest absolute Gasteiger partial charge is 0.407 e. The maximum absolute atomic E-state index is 13.5. The zero-order chi connectivity index (χ0) is 26.4. The number of carbonyl (C=O) groups is 2. The second-order valence-electron chi connectivity index (χ2n) is 8.34. The molecular formula is C25H28FN5O4S2. The molecule has 3 heterocycles. The summed E-state index contributed by atoms with van der Waals surface area (Å²) in [7, 11) is 1.90. The second-order valence-corrected chi connectivity index (χ2v) is 10.1. The molecule has 1 aliphatic heterocycles.